The Morgan fingerprint density at radius 3 is 2.25 bits per heavy atom. The minimum Gasteiger partial charge on any atom is -0.481 e. The Hall–Kier alpha value is -1.67. The van der Waals surface area contributed by atoms with E-state index in [1.807, 2.05) is 0 Å². The fourth-order valence-electron chi connectivity index (χ4n) is 0.915. The number of aliphatic carboxylic acids is 1. The number of hydrogen-bond donors (Lipinski definition) is 5. The molecule has 0 aromatic heterocycles. The van der Waals surface area contributed by atoms with Crippen molar-refractivity contribution in [2.24, 2.45) is 11.5 Å². The molecule has 0 unspecified atom stereocenters. The largest absolute Gasteiger partial charge is 0.481 e. The number of primary amides is 1. The number of amides is 2. The molecule has 0 saturated carbocycles. The minimum absolute atomic E-state index is 0.117. The van der Waals surface area contributed by atoms with Crippen molar-refractivity contribution in [3.05, 3.63) is 0 Å². The molecule has 0 aromatic carbocycles. The molecule has 7 N–H and O–H groups in total. The first-order chi connectivity index (χ1) is 7.38. The molecule has 92 valence electrons. The van der Waals surface area contributed by atoms with Gasteiger partial charge in [-0.15, -0.1) is 0 Å². The summed E-state index contributed by atoms with van der Waals surface area (Å²) in [5.41, 5.74) is 10.2. The average Bonchev–Trinajstić information content (AvgIpc) is 2.21. The van der Waals surface area contributed by atoms with Gasteiger partial charge >= 0.3 is 5.97 Å². The van der Waals surface area contributed by atoms with Crippen molar-refractivity contribution in [1.29, 1.82) is 0 Å². The van der Waals surface area contributed by atoms with Gasteiger partial charge in [0.25, 0.3) is 0 Å². The van der Waals surface area contributed by atoms with Crippen LogP contribution < -0.4 is 16.8 Å². The zero-order valence-corrected chi connectivity index (χ0v) is 8.55. The van der Waals surface area contributed by atoms with Crippen LogP contribution in [0.1, 0.15) is 12.8 Å². The molecule has 0 heterocycles. The lowest BCUT2D eigenvalue weighted by Gasteiger charge is -2.16. The second kappa shape index (κ2) is 6.75. The van der Waals surface area contributed by atoms with E-state index in [1.165, 1.54) is 0 Å². The molecule has 16 heavy (non-hydrogen) atoms. The van der Waals surface area contributed by atoms with Crippen molar-refractivity contribution >= 4 is 17.8 Å². The topological polar surface area (TPSA) is 156 Å². The zero-order chi connectivity index (χ0) is 12.7. The van der Waals surface area contributed by atoms with Crippen molar-refractivity contribution in [2.75, 3.05) is 6.61 Å². The Balaban J connectivity index is 4.28. The Bertz CT molecular complexity index is 281. The van der Waals surface area contributed by atoms with Gasteiger partial charge in [0.1, 0.15) is 12.1 Å². The smallest absolute Gasteiger partial charge is 0.303 e. The first-order valence-corrected chi connectivity index (χ1v) is 4.56. The van der Waals surface area contributed by atoms with Gasteiger partial charge < -0.3 is 27.0 Å². The van der Waals surface area contributed by atoms with Crippen LogP contribution in [0, 0.1) is 0 Å². The van der Waals surface area contributed by atoms with Gasteiger partial charge in [0.15, 0.2) is 0 Å². The Kier molecular flexibility index (Phi) is 6.04. The van der Waals surface area contributed by atoms with Crippen molar-refractivity contribution in [2.45, 2.75) is 24.9 Å². The van der Waals surface area contributed by atoms with E-state index in [0.717, 1.165) is 0 Å². The molecule has 0 bridgehead atoms. The third-order valence-electron chi connectivity index (χ3n) is 1.84. The third kappa shape index (κ3) is 5.27. The molecular formula is C8H15N3O5. The number of carbonyl (C=O) groups is 3. The predicted octanol–water partition coefficient (Wildman–Crippen LogP) is -2.86. The van der Waals surface area contributed by atoms with E-state index in [9.17, 15) is 14.4 Å². The normalized spacial score (nSPS) is 13.9. The highest BCUT2D eigenvalue weighted by Crippen LogP contribution is 1.97. The molecule has 2 atom stereocenters. The van der Waals surface area contributed by atoms with Crippen LogP contribution in [0.15, 0.2) is 0 Å². The number of hydrogen-bond acceptors (Lipinski definition) is 5. The molecule has 0 aliphatic rings. The van der Waals surface area contributed by atoms with Crippen LogP contribution in [0.3, 0.4) is 0 Å². The Morgan fingerprint density at radius 2 is 1.88 bits per heavy atom. The number of carboxylic acids is 1. The number of aliphatic hydroxyl groups is 1. The molecular weight excluding hydrogens is 218 g/mol. The molecule has 0 rings (SSSR count). The molecule has 0 aromatic rings. The van der Waals surface area contributed by atoms with Crippen molar-refractivity contribution in [1.82, 2.24) is 5.32 Å². The first-order valence-electron chi connectivity index (χ1n) is 4.56. The summed E-state index contributed by atoms with van der Waals surface area (Å²) < 4.78 is 0. The first kappa shape index (κ1) is 14.3. The number of carboxylic acid groups (broad SMARTS) is 1. The summed E-state index contributed by atoms with van der Waals surface area (Å²) >= 11 is 0. The lowest BCUT2D eigenvalue weighted by Crippen LogP contribution is -2.51. The van der Waals surface area contributed by atoms with Gasteiger partial charge in [0.05, 0.1) is 6.61 Å². The Morgan fingerprint density at radius 1 is 1.31 bits per heavy atom. The van der Waals surface area contributed by atoms with Crippen LogP contribution in [-0.2, 0) is 14.4 Å². The number of nitrogens with one attached hydrogen (secondary N) is 1. The summed E-state index contributed by atoms with van der Waals surface area (Å²) in [6.45, 7) is -0.573. The molecule has 0 fully saturated rings. The number of nitrogens with two attached hydrogens (primary N) is 2. The van der Waals surface area contributed by atoms with Crippen LogP contribution in [-0.4, -0.2) is 46.7 Å². The van der Waals surface area contributed by atoms with Crippen LogP contribution in [0.4, 0.5) is 0 Å². The van der Waals surface area contributed by atoms with E-state index in [2.05, 4.69) is 5.32 Å². The molecule has 8 nitrogen and oxygen atoms in total. The number of carbonyl (C=O) groups excluding carboxylic acids is 2. The molecule has 8 heteroatoms. The fourth-order valence-corrected chi connectivity index (χ4v) is 0.915. The van der Waals surface area contributed by atoms with Gasteiger partial charge in [-0.05, 0) is 6.42 Å². The van der Waals surface area contributed by atoms with Gasteiger partial charge in [-0.25, -0.2) is 0 Å². The third-order valence-corrected chi connectivity index (χ3v) is 1.84. The van der Waals surface area contributed by atoms with E-state index in [0.29, 0.717) is 0 Å². The summed E-state index contributed by atoms with van der Waals surface area (Å²) in [5.74, 6) is -2.71. The van der Waals surface area contributed by atoms with Gasteiger partial charge in [0, 0.05) is 6.42 Å². The highest BCUT2D eigenvalue weighted by molar-refractivity contribution is 5.89. The van der Waals surface area contributed by atoms with Crippen LogP contribution >= 0.6 is 0 Å². The molecule has 0 saturated heterocycles. The average molecular weight is 233 g/mol. The molecule has 2 amide bonds. The lowest BCUT2D eigenvalue weighted by molar-refractivity contribution is -0.137. The molecule has 0 spiro atoms. The highest BCUT2D eigenvalue weighted by Gasteiger charge is 2.21. The van der Waals surface area contributed by atoms with Crippen molar-refractivity contribution in [3.63, 3.8) is 0 Å². The van der Waals surface area contributed by atoms with Crippen LogP contribution in [0.25, 0.3) is 0 Å². The van der Waals surface area contributed by atoms with Gasteiger partial charge in [-0.3, -0.25) is 14.4 Å². The molecule has 0 aliphatic carbocycles. The summed E-state index contributed by atoms with van der Waals surface area (Å²) in [6.07, 6.45) is -0.420. The minimum atomic E-state index is -1.16. The van der Waals surface area contributed by atoms with Gasteiger partial charge in [-0.2, -0.15) is 0 Å². The predicted molar refractivity (Wildman–Crippen MR) is 53.1 cm³/mol. The molecule has 0 radical (unpaired) electrons. The lowest BCUT2D eigenvalue weighted by atomic mass is 10.1. The van der Waals surface area contributed by atoms with Crippen molar-refractivity contribution in [3.8, 4) is 0 Å². The Labute approximate surface area is 91.6 Å². The monoisotopic (exact) mass is 233 g/mol. The van der Waals surface area contributed by atoms with Crippen LogP contribution in [0.5, 0.6) is 0 Å². The maximum absolute atomic E-state index is 11.2. The quantitative estimate of drug-likeness (QED) is 0.318. The second-order valence-electron chi connectivity index (χ2n) is 3.19. The van der Waals surface area contributed by atoms with E-state index >= 15 is 0 Å². The van der Waals surface area contributed by atoms with E-state index in [1.54, 1.807) is 0 Å². The number of aliphatic hydroxyl groups excluding tert-OH is 1. The van der Waals surface area contributed by atoms with E-state index < -0.39 is 36.5 Å². The second-order valence-corrected chi connectivity index (χ2v) is 3.19. The van der Waals surface area contributed by atoms with E-state index in [-0.39, 0.29) is 12.8 Å². The van der Waals surface area contributed by atoms with Gasteiger partial charge in [-0.1, -0.05) is 0 Å². The molecule has 0 aliphatic heterocycles. The standard InChI is InChI=1S/C8H15N3O5/c9-4(3-12)8(16)11-5(7(10)15)1-2-6(13)14/h4-5,12H,1-3,9H2,(H2,10,15)(H,11,16)(H,13,14)/t4-,5+/m0/s1. The summed E-state index contributed by atoms with van der Waals surface area (Å²) in [6, 6.07) is -2.26. The van der Waals surface area contributed by atoms with Crippen LogP contribution in [0.2, 0.25) is 0 Å². The number of rotatable bonds is 7. The summed E-state index contributed by atoms with van der Waals surface area (Å²) in [4.78, 5) is 32.3. The van der Waals surface area contributed by atoms with Gasteiger partial charge in [0.2, 0.25) is 11.8 Å². The van der Waals surface area contributed by atoms with E-state index in [4.69, 9.17) is 21.7 Å². The van der Waals surface area contributed by atoms with Crippen molar-refractivity contribution < 1.29 is 24.6 Å². The SMILES string of the molecule is NC(=O)[C@@H](CCC(=O)O)NC(=O)[C@@H](N)CO. The maximum Gasteiger partial charge on any atom is 0.303 e. The summed E-state index contributed by atoms with van der Waals surface area (Å²) in [7, 11) is 0. The summed E-state index contributed by atoms with van der Waals surface area (Å²) in [5, 5.41) is 19.1. The maximum atomic E-state index is 11.2. The fraction of sp³-hybridized carbons (Fsp3) is 0.625. The zero-order valence-electron chi connectivity index (χ0n) is 8.55. The highest BCUT2D eigenvalue weighted by atomic mass is 16.4.